The average Bonchev–Trinajstić information content (AvgIpc) is 2.45. The summed E-state index contributed by atoms with van der Waals surface area (Å²) >= 11 is 3.41. The molecule has 0 aromatic heterocycles. The van der Waals surface area contributed by atoms with E-state index in [0.717, 1.165) is 27.0 Å². The zero-order chi connectivity index (χ0) is 15.4. The van der Waals surface area contributed by atoms with Gasteiger partial charge in [0.25, 0.3) is 5.91 Å². The first-order valence-electron chi connectivity index (χ1n) is 6.77. The van der Waals surface area contributed by atoms with Gasteiger partial charge >= 0.3 is 0 Å². The number of amides is 1. The number of nitrogens with one attached hydrogen (secondary N) is 1. The van der Waals surface area contributed by atoms with E-state index in [9.17, 15) is 4.79 Å². The summed E-state index contributed by atoms with van der Waals surface area (Å²) in [5.74, 6) is 0.594. The third-order valence-corrected chi connectivity index (χ3v) is 3.90. The molecule has 0 aliphatic heterocycles. The summed E-state index contributed by atoms with van der Waals surface area (Å²) in [6.45, 7) is 5.69. The first-order chi connectivity index (χ1) is 9.99. The molecule has 4 heteroatoms. The minimum Gasteiger partial charge on any atom is -0.480 e. The summed E-state index contributed by atoms with van der Waals surface area (Å²) in [5, 5.41) is 2.86. The van der Waals surface area contributed by atoms with Crippen molar-refractivity contribution in [2.75, 3.05) is 5.32 Å². The van der Waals surface area contributed by atoms with Crippen LogP contribution >= 0.6 is 15.9 Å². The van der Waals surface area contributed by atoms with Gasteiger partial charge < -0.3 is 10.1 Å². The maximum atomic E-state index is 12.2. The van der Waals surface area contributed by atoms with Gasteiger partial charge in [-0.25, -0.2) is 0 Å². The molecular formula is C17H18BrNO2. The predicted molar refractivity (Wildman–Crippen MR) is 88.8 cm³/mol. The summed E-state index contributed by atoms with van der Waals surface area (Å²) in [4.78, 5) is 12.2. The van der Waals surface area contributed by atoms with Crippen molar-refractivity contribution in [1.82, 2.24) is 0 Å². The number of aryl methyl sites for hydroxylation is 2. The number of hydrogen-bond acceptors (Lipinski definition) is 2. The Hall–Kier alpha value is -1.81. The summed E-state index contributed by atoms with van der Waals surface area (Å²) < 4.78 is 6.67. The van der Waals surface area contributed by atoms with E-state index in [1.807, 2.05) is 56.3 Å². The second-order valence-corrected chi connectivity index (χ2v) is 5.80. The Morgan fingerprint density at radius 1 is 1.10 bits per heavy atom. The SMILES string of the molecule is Cc1cccc(C)c1OC(C)C(=O)Nc1ccccc1Br. The monoisotopic (exact) mass is 347 g/mol. The second kappa shape index (κ2) is 6.76. The lowest BCUT2D eigenvalue weighted by Crippen LogP contribution is -2.30. The number of ether oxygens (including phenoxy) is 1. The lowest BCUT2D eigenvalue weighted by molar-refractivity contribution is -0.122. The number of carbonyl (C=O) groups is 1. The molecule has 2 aromatic rings. The van der Waals surface area contributed by atoms with Crippen LogP contribution in [0.5, 0.6) is 5.75 Å². The van der Waals surface area contributed by atoms with E-state index in [1.165, 1.54) is 0 Å². The topological polar surface area (TPSA) is 38.3 Å². The van der Waals surface area contributed by atoms with Crippen LogP contribution < -0.4 is 10.1 Å². The van der Waals surface area contributed by atoms with Crippen LogP contribution in [0, 0.1) is 13.8 Å². The van der Waals surface area contributed by atoms with Gasteiger partial charge in [-0.2, -0.15) is 0 Å². The molecule has 0 aliphatic carbocycles. The molecule has 0 fully saturated rings. The highest BCUT2D eigenvalue weighted by atomic mass is 79.9. The first kappa shape index (κ1) is 15.6. The Bertz CT molecular complexity index is 635. The molecule has 0 saturated carbocycles. The fourth-order valence-electron chi connectivity index (χ4n) is 2.01. The molecule has 0 saturated heterocycles. The van der Waals surface area contributed by atoms with Crippen molar-refractivity contribution < 1.29 is 9.53 Å². The number of anilines is 1. The normalized spacial score (nSPS) is 11.8. The lowest BCUT2D eigenvalue weighted by atomic mass is 10.1. The van der Waals surface area contributed by atoms with Gasteiger partial charge in [0.1, 0.15) is 5.75 Å². The van der Waals surface area contributed by atoms with E-state index in [4.69, 9.17) is 4.74 Å². The standard InChI is InChI=1S/C17H18BrNO2/c1-11-7-6-8-12(2)16(11)21-13(3)17(20)19-15-10-5-4-9-14(15)18/h4-10,13H,1-3H3,(H,19,20). The zero-order valence-electron chi connectivity index (χ0n) is 12.3. The molecule has 1 amide bonds. The average molecular weight is 348 g/mol. The first-order valence-corrected chi connectivity index (χ1v) is 7.56. The van der Waals surface area contributed by atoms with Gasteiger partial charge in [-0.15, -0.1) is 0 Å². The fraction of sp³-hybridized carbons (Fsp3) is 0.235. The van der Waals surface area contributed by atoms with E-state index in [-0.39, 0.29) is 5.91 Å². The minimum absolute atomic E-state index is 0.176. The van der Waals surface area contributed by atoms with Crippen molar-refractivity contribution in [3.63, 3.8) is 0 Å². The third kappa shape index (κ3) is 3.85. The van der Waals surface area contributed by atoms with E-state index in [2.05, 4.69) is 21.2 Å². The molecule has 0 aliphatic rings. The van der Waals surface area contributed by atoms with Crippen molar-refractivity contribution in [2.45, 2.75) is 26.9 Å². The summed E-state index contributed by atoms with van der Waals surface area (Å²) in [7, 11) is 0. The molecule has 21 heavy (non-hydrogen) atoms. The van der Waals surface area contributed by atoms with Crippen LogP contribution in [0.4, 0.5) is 5.69 Å². The minimum atomic E-state index is -0.572. The number of carbonyl (C=O) groups excluding carboxylic acids is 1. The van der Waals surface area contributed by atoms with Crippen LogP contribution in [0.25, 0.3) is 0 Å². The van der Waals surface area contributed by atoms with Crippen LogP contribution in [-0.2, 0) is 4.79 Å². The summed E-state index contributed by atoms with van der Waals surface area (Å²) in [5.41, 5.74) is 2.78. The molecule has 1 atom stereocenters. The van der Waals surface area contributed by atoms with Crippen molar-refractivity contribution >= 4 is 27.5 Å². The Balaban J connectivity index is 2.08. The Morgan fingerprint density at radius 3 is 2.33 bits per heavy atom. The Morgan fingerprint density at radius 2 is 1.71 bits per heavy atom. The molecular weight excluding hydrogens is 330 g/mol. The van der Waals surface area contributed by atoms with Crippen LogP contribution in [-0.4, -0.2) is 12.0 Å². The maximum Gasteiger partial charge on any atom is 0.265 e. The van der Waals surface area contributed by atoms with Gasteiger partial charge in [0.05, 0.1) is 5.69 Å². The highest BCUT2D eigenvalue weighted by Gasteiger charge is 2.17. The molecule has 2 rings (SSSR count). The Kier molecular flexibility index (Phi) is 5.02. The molecule has 0 heterocycles. The van der Waals surface area contributed by atoms with Gasteiger partial charge in [-0.05, 0) is 60.0 Å². The number of rotatable bonds is 4. The van der Waals surface area contributed by atoms with Crippen LogP contribution in [0.2, 0.25) is 0 Å². The van der Waals surface area contributed by atoms with Gasteiger partial charge in [-0.1, -0.05) is 30.3 Å². The molecule has 2 aromatic carbocycles. The number of hydrogen-bond donors (Lipinski definition) is 1. The second-order valence-electron chi connectivity index (χ2n) is 4.95. The lowest BCUT2D eigenvalue weighted by Gasteiger charge is -2.18. The van der Waals surface area contributed by atoms with Gasteiger partial charge in [0.2, 0.25) is 0 Å². The van der Waals surface area contributed by atoms with E-state index >= 15 is 0 Å². The number of halogens is 1. The van der Waals surface area contributed by atoms with E-state index in [1.54, 1.807) is 6.92 Å². The van der Waals surface area contributed by atoms with Crippen molar-refractivity contribution in [1.29, 1.82) is 0 Å². The summed E-state index contributed by atoms with van der Waals surface area (Å²) in [6, 6.07) is 13.4. The Labute approximate surface area is 133 Å². The molecule has 0 radical (unpaired) electrons. The van der Waals surface area contributed by atoms with E-state index in [0.29, 0.717) is 0 Å². The molecule has 110 valence electrons. The smallest absolute Gasteiger partial charge is 0.265 e. The van der Waals surface area contributed by atoms with Gasteiger partial charge in [0, 0.05) is 4.47 Å². The van der Waals surface area contributed by atoms with E-state index < -0.39 is 6.10 Å². The largest absolute Gasteiger partial charge is 0.480 e. The third-order valence-electron chi connectivity index (χ3n) is 3.20. The van der Waals surface area contributed by atoms with Gasteiger partial charge in [-0.3, -0.25) is 4.79 Å². The molecule has 1 N–H and O–H groups in total. The predicted octanol–water partition coefficient (Wildman–Crippen LogP) is 4.47. The van der Waals surface area contributed by atoms with Crippen molar-refractivity contribution in [2.24, 2.45) is 0 Å². The van der Waals surface area contributed by atoms with Gasteiger partial charge in [0.15, 0.2) is 6.10 Å². The molecule has 3 nitrogen and oxygen atoms in total. The maximum absolute atomic E-state index is 12.2. The molecule has 1 unspecified atom stereocenters. The number of para-hydroxylation sites is 2. The van der Waals surface area contributed by atoms with Crippen molar-refractivity contribution in [3.8, 4) is 5.75 Å². The highest BCUT2D eigenvalue weighted by molar-refractivity contribution is 9.10. The fourth-order valence-corrected chi connectivity index (χ4v) is 2.40. The van der Waals surface area contributed by atoms with Crippen molar-refractivity contribution in [3.05, 3.63) is 58.1 Å². The highest BCUT2D eigenvalue weighted by Crippen LogP contribution is 2.25. The number of benzene rings is 2. The molecule has 0 spiro atoms. The van der Waals surface area contributed by atoms with Crippen LogP contribution in [0.1, 0.15) is 18.1 Å². The van der Waals surface area contributed by atoms with Crippen LogP contribution in [0.3, 0.4) is 0 Å². The molecule has 0 bridgehead atoms. The quantitative estimate of drug-likeness (QED) is 0.885. The zero-order valence-corrected chi connectivity index (χ0v) is 13.9. The summed E-state index contributed by atoms with van der Waals surface area (Å²) in [6.07, 6.45) is -0.572. The van der Waals surface area contributed by atoms with Crippen LogP contribution in [0.15, 0.2) is 46.9 Å².